The monoisotopic (exact) mass is 346 g/mol. The predicted octanol–water partition coefficient (Wildman–Crippen LogP) is 3.39. The number of nitrogens with zero attached hydrogens (tertiary/aromatic N) is 2. The Morgan fingerprint density at radius 3 is 2.77 bits per heavy atom. The zero-order valence-corrected chi connectivity index (χ0v) is 14.9. The highest BCUT2D eigenvalue weighted by molar-refractivity contribution is 5.94. The Bertz CT molecular complexity index is 1020. The summed E-state index contributed by atoms with van der Waals surface area (Å²) in [6.45, 7) is 0.753. The van der Waals surface area contributed by atoms with Crippen molar-refractivity contribution in [3.63, 3.8) is 0 Å². The molecule has 0 N–H and O–H groups in total. The largest absolute Gasteiger partial charge is 0.335 e. The van der Waals surface area contributed by atoms with E-state index in [0.29, 0.717) is 5.56 Å². The lowest BCUT2D eigenvalue weighted by atomic mass is 9.97. The van der Waals surface area contributed by atoms with E-state index >= 15 is 0 Å². The number of carbonyl (C=O) groups excluding carboxylic acids is 1. The molecule has 0 radical (unpaired) electrons. The first kappa shape index (κ1) is 16.6. The molecule has 1 saturated heterocycles. The topological polar surface area (TPSA) is 42.3 Å². The maximum atomic E-state index is 13.0. The summed E-state index contributed by atoms with van der Waals surface area (Å²) in [5, 5.41) is 2.48. The molecule has 1 aliphatic rings. The Kier molecular flexibility index (Phi) is 4.33. The first-order valence-corrected chi connectivity index (χ1v) is 9.08. The molecule has 1 aromatic heterocycles. The van der Waals surface area contributed by atoms with Gasteiger partial charge in [0.15, 0.2) is 0 Å². The molecular formula is C22H22N2O2. The van der Waals surface area contributed by atoms with Crippen molar-refractivity contribution < 1.29 is 4.79 Å². The fourth-order valence-electron chi connectivity index (χ4n) is 3.89. The van der Waals surface area contributed by atoms with Crippen molar-refractivity contribution >= 4 is 16.7 Å². The van der Waals surface area contributed by atoms with Gasteiger partial charge in [-0.3, -0.25) is 9.59 Å². The highest BCUT2D eigenvalue weighted by Gasteiger charge is 2.30. The Labute approximate surface area is 152 Å². The van der Waals surface area contributed by atoms with Crippen molar-refractivity contribution in [3.05, 3.63) is 82.3 Å². The van der Waals surface area contributed by atoms with Crippen LogP contribution in [0.25, 0.3) is 10.8 Å². The molecule has 4 rings (SSSR count). The molecule has 0 spiro atoms. The summed E-state index contributed by atoms with van der Waals surface area (Å²) in [7, 11) is 1.69. The van der Waals surface area contributed by atoms with Gasteiger partial charge in [0.25, 0.3) is 11.5 Å². The van der Waals surface area contributed by atoms with Gasteiger partial charge >= 0.3 is 0 Å². The van der Waals surface area contributed by atoms with E-state index in [9.17, 15) is 9.59 Å². The van der Waals surface area contributed by atoms with Crippen molar-refractivity contribution in [2.45, 2.75) is 25.3 Å². The minimum absolute atomic E-state index is 0.0366. The smallest absolute Gasteiger partial charge is 0.254 e. The summed E-state index contributed by atoms with van der Waals surface area (Å²) in [6.07, 6.45) is 4.51. The van der Waals surface area contributed by atoms with E-state index in [1.54, 1.807) is 19.3 Å². The van der Waals surface area contributed by atoms with Gasteiger partial charge in [0.05, 0.1) is 0 Å². The minimum atomic E-state index is -0.152. The summed E-state index contributed by atoms with van der Waals surface area (Å²) < 4.78 is 1.48. The Balaban J connectivity index is 1.61. The standard InChI is InChI=1S/C22H22N2O2/c1-23-13-11-18(15-21(23)25)22(26)24-12-5-9-19(24)14-17-8-4-7-16-6-2-3-10-20(16)17/h2-4,6-8,10-11,13,15,19H,5,9,12,14H2,1H3/t19-/m0/s1. The van der Waals surface area contributed by atoms with Crippen LogP contribution < -0.4 is 5.56 Å². The van der Waals surface area contributed by atoms with E-state index in [2.05, 4.69) is 36.4 Å². The number of hydrogen-bond donors (Lipinski definition) is 0. The van der Waals surface area contributed by atoms with E-state index in [1.807, 2.05) is 11.0 Å². The molecule has 3 aromatic rings. The van der Waals surface area contributed by atoms with Crippen LogP contribution in [0.15, 0.2) is 65.6 Å². The number of fused-ring (bicyclic) bond motifs is 1. The molecule has 26 heavy (non-hydrogen) atoms. The van der Waals surface area contributed by atoms with Crippen molar-refractivity contribution in [1.82, 2.24) is 9.47 Å². The Morgan fingerprint density at radius 1 is 1.12 bits per heavy atom. The summed E-state index contributed by atoms with van der Waals surface area (Å²) >= 11 is 0. The van der Waals surface area contributed by atoms with E-state index in [0.717, 1.165) is 25.8 Å². The predicted molar refractivity (Wildman–Crippen MR) is 103 cm³/mol. The molecule has 2 aromatic carbocycles. The van der Waals surface area contributed by atoms with Crippen LogP contribution >= 0.6 is 0 Å². The quantitative estimate of drug-likeness (QED) is 0.729. The number of hydrogen-bond acceptors (Lipinski definition) is 2. The second-order valence-electron chi connectivity index (χ2n) is 7.00. The number of pyridine rings is 1. The number of benzene rings is 2. The number of carbonyl (C=O) groups is 1. The van der Waals surface area contributed by atoms with Gasteiger partial charge < -0.3 is 9.47 Å². The lowest BCUT2D eigenvalue weighted by molar-refractivity contribution is 0.0736. The van der Waals surface area contributed by atoms with Gasteiger partial charge in [-0.1, -0.05) is 42.5 Å². The third kappa shape index (κ3) is 3.03. The molecule has 1 atom stereocenters. The summed E-state index contributed by atoms with van der Waals surface area (Å²) in [4.78, 5) is 26.8. The van der Waals surface area contributed by atoms with Crippen molar-refractivity contribution in [3.8, 4) is 0 Å². The molecule has 0 bridgehead atoms. The van der Waals surface area contributed by atoms with Crippen LogP contribution in [0.2, 0.25) is 0 Å². The average molecular weight is 346 g/mol. The zero-order chi connectivity index (χ0) is 18.1. The van der Waals surface area contributed by atoms with Crippen molar-refractivity contribution in [2.75, 3.05) is 6.54 Å². The normalized spacial score (nSPS) is 17.0. The molecule has 132 valence electrons. The summed E-state index contributed by atoms with van der Waals surface area (Å²) in [5.74, 6) is -0.0366. The first-order chi connectivity index (χ1) is 12.6. The summed E-state index contributed by atoms with van der Waals surface area (Å²) in [6, 6.07) is 18.1. The van der Waals surface area contributed by atoms with E-state index in [4.69, 9.17) is 0 Å². The Morgan fingerprint density at radius 2 is 1.92 bits per heavy atom. The van der Waals surface area contributed by atoms with Crippen molar-refractivity contribution in [2.24, 2.45) is 7.05 Å². The number of rotatable bonds is 3. The van der Waals surface area contributed by atoms with Gasteiger partial charge in [0.1, 0.15) is 0 Å². The van der Waals surface area contributed by atoms with Crippen LogP contribution in [0, 0.1) is 0 Å². The molecule has 1 aliphatic heterocycles. The van der Waals surface area contributed by atoms with Gasteiger partial charge in [-0.15, -0.1) is 0 Å². The molecule has 0 saturated carbocycles. The molecule has 1 fully saturated rings. The SMILES string of the molecule is Cn1ccc(C(=O)N2CCC[C@H]2Cc2cccc3ccccc23)cc1=O. The molecular weight excluding hydrogens is 324 g/mol. The molecule has 4 nitrogen and oxygen atoms in total. The van der Waals surface area contributed by atoms with Gasteiger partial charge in [-0.05, 0) is 41.7 Å². The van der Waals surface area contributed by atoms with Crippen molar-refractivity contribution in [1.29, 1.82) is 0 Å². The van der Waals surface area contributed by atoms with E-state index in [1.165, 1.54) is 27.0 Å². The third-order valence-corrected chi connectivity index (χ3v) is 5.32. The van der Waals surface area contributed by atoms with Crippen LogP contribution in [0.4, 0.5) is 0 Å². The highest BCUT2D eigenvalue weighted by atomic mass is 16.2. The van der Waals surface area contributed by atoms with Gasteiger partial charge in [0.2, 0.25) is 0 Å². The maximum Gasteiger partial charge on any atom is 0.254 e. The van der Waals surface area contributed by atoms with Crippen LogP contribution in [-0.4, -0.2) is 28.0 Å². The number of aromatic nitrogens is 1. The first-order valence-electron chi connectivity index (χ1n) is 9.08. The zero-order valence-electron chi connectivity index (χ0n) is 14.9. The Hall–Kier alpha value is -2.88. The average Bonchev–Trinajstić information content (AvgIpc) is 3.12. The molecule has 0 unspecified atom stereocenters. The fraction of sp³-hybridized carbons (Fsp3) is 0.273. The second-order valence-corrected chi connectivity index (χ2v) is 7.00. The van der Waals surface area contributed by atoms with E-state index < -0.39 is 0 Å². The lowest BCUT2D eigenvalue weighted by Gasteiger charge is -2.25. The van der Waals surface area contributed by atoms with Crippen LogP contribution in [0.1, 0.15) is 28.8 Å². The van der Waals surface area contributed by atoms with Crippen LogP contribution in [0.5, 0.6) is 0 Å². The van der Waals surface area contributed by atoms with Crippen LogP contribution in [-0.2, 0) is 13.5 Å². The molecule has 2 heterocycles. The number of likely N-dealkylation sites (tertiary alicyclic amines) is 1. The van der Waals surface area contributed by atoms with Crippen LogP contribution in [0.3, 0.4) is 0 Å². The van der Waals surface area contributed by atoms with Gasteiger partial charge in [0, 0.05) is 37.5 Å². The second kappa shape index (κ2) is 6.79. The molecule has 1 amide bonds. The highest BCUT2D eigenvalue weighted by Crippen LogP contribution is 2.26. The summed E-state index contributed by atoms with van der Waals surface area (Å²) in [5.41, 5.74) is 1.61. The maximum absolute atomic E-state index is 13.0. The lowest BCUT2D eigenvalue weighted by Crippen LogP contribution is -2.37. The molecule has 0 aliphatic carbocycles. The molecule has 4 heteroatoms. The van der Waals surface area contributed by atoms with Gasteiger partial charge in [-0.25, -0.2) is 0 Å². The van der Waals surface area contributed by atoms with E-state index in [-0.39, 0.29) is 17.5 Å². The fourth-order valence-corrected chi connectivity index (χ4v) is 3.89. The minimum Gasteiger partial charge on any atom is -0.335 e. The third-order valence-electron chi connectivity index (χ3n) is 5.32. The number of amides is 1. The van der Waals surface area contributed by atoms with Gasteiger partial charge in [-0.2, -0.15) is 0 Å². The number of aryl methyl sites for hydroxylation is 1.